The summed E-state index contributed by atoms with van der Waals surface area (Å²) in [6, 6.07) is 11.7. The van der Waals surface area contributed by atoms with Crippen LogP contribution in [0, 0.1) is 18.3 Å². The molecule has 3 aromatic rings. The number of aryl methyl sites for hydroxylation is 3. The number of rotatable bonds is 8. The largest absolute Gasteiger partial charge is 0.325 e. The molecule has 1 amide bonds. The monoisotopic (exact) mass is 550 g/mol. The van der Waals surface area contributed by atoms with Crippen molar-refractivity contribution in [1.82, 2.24) is 15.0 Å². The van der Waals surface area contributed by atoms with Crippen LogP contribution in [-0.2, 0) is 27.7 Å². The van der Waals surface area contributed by atoms with Gasteiger partial charge in [-0.1, -0.05) is 31.5 Å². The molecule has 2 N–H and O–H groups in total. The molecule has 2 heterocycles. The molecule has 198 valence electrons. The summed E-state index contributed by atoms with van der Waals surface area (Å²) < 4.78 is 27.7. The maximum Gasteiger partial charge on any atom is 0.264 e. The van der Waals surface area contributed by atoms with Crippen molar-refractivity contribution in [3.63, 3.8) is 0 Å². The minimum Gasteiger partial charge on any atom is -0.325 e. The summed E-state index contributed by atoms with van der Waals surface area (Å²) in [5.74, 6) is -0.249. The number of hydrogen-bond donors (Lipinski definition) is 2. The fourth-order valence-corrected chi connectivity index (χ4v) is 6.16. The summed E-state index contributed by atoms with van der Waals surface area (Å²) in [6.07, 6.45) is 8.38. The molecular weight excluding hydrogens is 520 g/mol. The molecule has 1 aromatic carbocycles. The molecule has 0 aliphatic heterocycles. The van der Waals surface area contributed by atoms with E-state index in [9.17, 15) is 18.5 Å². The average molecular weight is 551 g/mol. The van der Waals surface area contributed by atoms with Crippen LogP contribution >= 0.6 is 11.8 Å². The maximum absolute atomic E-state index is 13.1. The first-order chi connectivity index (χ1) is 18.3. The second-order valence-corrected chi connectivity index (χ2v) is 12.0. The quantitative estimate of drug-likeness (QED) is 0.373. The summed E-state index contributed by atoms with van der Waals surface area (Å²) in [6.45, 7) is 3.65. The van der Waals surface area contributed by atoms with Gasteiger partial charge in [0.25, 0.3) is 10.0 Å². The molecule has 0 bridgehead atoms. The van der Waals surface area contributed by atoms with Crippen LogP contribution in [-0.4, -0.2) is 34.5 Å². The second-order valence-electron chi connectivity index (χ2n) is 9.13. The van der Waals surface area contributed by atoms with Gasteiger partial charge in [0.15, 0.2) is 0 Å². The lowest BCUT2D eigenvalue weighted by Crippen LogP contribution is -2.25. The van der Waals surface area contributed by atoms with Crippen LogP contribution in [0.15, 0.2) is 52.5 Å². The van der Waals surface area contributed by atoms with Crippen LogP contribution in [0.25, 0.3) is 0 Å². The molecule has 0 spiro atoms. The van der Waals surface area contributed by atoms with Crippen molar-refractivity contribution in [2.24, 2.45) is 0 Å². The first-order valence-corrected chi connectivity index (χ1v) is 15.0. The standard InChI is InChI=1S/C27H30N6O3S2/c1-3-24(37-26-20(17-28)16-19-8-6-4-5-7-9-23(19)32-26)25(34)31-21-10-12-22(13-11-21)38(35,36)33-27-29-15-14-18(2)30-27/h10-16,24H,3-9H2,1-2H3,(H,31,34)(H,29,30,33). The zero-order valence-corrected chi connectivity index (χ0v) is 23.0. The Hall–Kier alpha value is -3.49. The molecular formula is C27H30N6O3S2. The predicted octanol–water partition coefficient (Wildman–Crippen LogP) is 5.02. The third-order valence-electron chi connectivity index (χ3n) is 6.26. The zero-order valence-electron chi connectivity index (χ0n) is 21.4. The maximum atomic E-state index is 13.1. The summed E-state index contributed by atoms with van der Waals surface area (Å²) in [4.78, 5) is 25.9. The lowest BCUT2D eigenvalue weighted by molar-refractivity contribution is -0.115. The van der Waals surface area contributed by atoms with Crippen molar-refractivity contribution < 1.29 is 13.2 Å². The van der Waals surface area contributed by atoms with Crippen LogP contribution in [0.5, 0.6) is 0 Å². The number of carbonyl (C=O) groups excluding carboxylic acids is 1. The Morgan fingerprint density at radius 1 is 1.11 bits per heavy atom. The molecule has 1 unspecified atom stereocenters. The molecule has 1 atom stereocenters. The van der Waals surface area contributed by atoms with E-state index >= 15 is 0 Å². The highest BCUT2D eigenvalue weighted by Crippen LogP contribution is 2.31. The van der Waals surface area contributed by atoms with Crippen LogP contribution in [0.3, 0.4) is 0 Å². The summed E-state index contributed by atoms with van der Waals surface area (Å²) >= 11 is 1.30. The van der Waals surface area contributed by atoms with E-state index in [1.54, 1.807) is 13.0 Å². The molecule has 2 aromatic heterocycles. The third-order valence-corrected chi connectivity index (χ3v) is 8.97. The number of amides is 1. The molecule has 0 saturated carbocycles. The van der Waals surface area contributed by atoms with Gasteiger partial charge in [0.2, 0.25) is 11.9 Å². The Morgan fingerprint density at radius 3 is 2.53 bits per heavy atom. The van der Waals surface area contributed by atoms with Crippen LogP contribution in [0.1, 0.15) is 61.5 Å². The zero-order chi connectivity index (χ0) is 27.1. The molecule has 0 fully saturated rings. The first kappa shape index (κ1) is 27.5. The van der Waals surface area contributed by atoms with Gasteiger partial charge in [0.05, 0.1) is 15.7 Å². The van der Waals surface area contributed by atoms with Crippen LogP contribution < -0.4 is 10.0 Å². The highest BCUT2D eigenvalue weighted by Gasteiger charge is 2.23. The number of nitrogens with zero attached hydrogens (tertiary/aromatic N) is 4. The summed E-state index contributed by atoms with van der Waals surface area (Å²) in [7, 11) is -3.89. The van der Waals surface area contributed by atoms with Gasteiger partial charge in [-0.25, -0.2) is 28.1 Å². The van der Waals surface area contributed by atoms with Crippen LogP contribution in [0.2, 0.25) is 0 Å². The van der Waals surface area contributed by atoms with Crippen molar-refractivity contribution in [3.05, 3.63) is 65.1 Å². The third kappa shape index (κ3) is 6.88. The van der Waals surface area contributed by atoms with Crippen molar-refractivity contribution >= 4 is 39.3 Å². The number of sulfonamides is 1. The Bertz CT molecular complexity index is 1450. The highest BCUT2D eigenvalue weighted by molar-refractivity contribution is 8.00. The summed E-state index contributed by atoms with van der Waals surface area (Å²) in [5.41, 5.74) is 3.77. The number of pyridine rings is 1. The smallest absolute Gasteiger partial charge is 0.264 e. The van der Waals surface area contributed by atoms with Crippen LogP contribution in [0.4, 0.5) is 11.6 Å². The number of thioether (sulfide) groups is 1. The Balaban J connectivity index is 1.45. The minimum atomic E-state index is -3.89. The molecule has 38 heavy (non-hydrogen) atoms. The lowest BCUT2D eigenvalue weighted by atomic mass is 9.96. The van der Waals surface area contributed by atoms with Crippen molar-refractivity contribution in [1.29, 1.82) is 5.26 Å². The summed E-state index contributed by atoms with van der Waals surface area (Å²) in [5, 5.41) is 12.7. The van der Waals surface area contributed by atoms with Gasteiger partial charge < -0.3 is 5.32 Å². The van der Waals surface area contributed by atoms with E-state index in [2.05, 4.69) is 26.1 Å². The molecule has 0 radical (unpaired) electrons. The van der Waals surface area contributed by atoms with Gasteiger partial charge in [-0.2, -0.15) is 5.26 Å². The van der Waals surface area contributed by atoms with E-state index in [1.807, 2.05) is 13.0 Å². The lowest BCUT2D eigenvalue weighted by Gasteiger charge is -2.18. The van der Waals surface area contributed by atoms with Crippen molar-refractivity contribution in [2.75, 3.05) is 10.0 Å². The van der Waals surface area contributed by atoms with E-state index in [1.165, 1.54) is 55.1 Å². The van der Waals surface area contributed by atoms with Crippen molar-refractivity contribution in [2.45, 2.75) is 74.0 Å². The molecule has 1 aliphatic carbocycles. The normalized spacial score (nSPS) is 14.3. The van der Waals surface area contributed by atoms with E-state index in [0.717, 1.165) is 36.9 Å². The fourth-order valence-electron chi connectivity index (χ4n) is 4.21. The number of fused-ring (bicyclic) bond motifs is 1. The number of anilines is 2. The highest BCUT2D eigenvalue weighted by atomic mass is 32.2. The van der Waals surface area contributed by atoms with Gasteiger partial charge >= 0.3 is 0 Å². The topological polar surface area (TPSA) is 138 Å². The molecule has 0 saturated heterocycles. The molecule has 11 heteroatoms. The number of hydrogen-bond acceptors (Lipinski definition) is 8. The SMILES string of the molecule is CCC(Sc1nc2c(cc1C#N)CCCCCC2)C(=O)Nc1ccc(S(=O)(=O)Nc2nccc(C)n2)cc1. The number of nitrogens with one attached hydrogen (secondary N) is 2. The van der Waals surface area contributed by atoms with Gasteiger partial charge in [0, 0.05) is 23.3 Å². The fraction of sp³-hybridized carbons (Fsp3) is 0.370. The number of nitriles is 1. The van der Waals surface area contributed by atoms with Crippen molar-refractivity contribution in [3.8, 4) is 6.07 Å². The Kier molecular flexibility index (Phi) is 8.97. The minimum absolute atomic E-state index is 0.0103. The van der Waals surface area contributed by atoms with Gasteiger partial charge in [0.1, 0.15) is 11.1 Å². The Morgan fingerprint density at radius 2 is 1.84 bits per heavy atom. The van der Waals surface area contributed by atoms with Gasteiger partial charge in [-0.15, -0.1) is 0 Å². The van der Waals surface area contributed by atoms with E-state index < -0.39 is 15.3 Å². The van der Waals surface area contributed by atoms with E-state index in [4.69, 9.17) is 4.98 Å². The first-order valence-electron chi connectivity index (χ1n) is 12.6. The molecule has 1 aliphatic rings. The second kappa shape index (κ2) is 12.4. The van der Waals surface area contributed by atoms with E-state index in [0.29, 0.717) is 28.4 Å². The average Bonchev–Trinajstić information content (AvgIpc) is 2.87. The number of carbonyl (C=O) groups is 1. The molecule has 9 nitrogen and oxygen atoms in total. The number of aromatic nitrogens is 3. The number of benzene rings is 1. The van der Waals surface area contributed by atoms with Gasteiger partial charge in [-0.05, 0) is 81.0 Å². The van der Waals surface area contributed by atoms with E-state index in [-0.39, 0.29) is 16.8 Å². The predicted molar refractivity (Wildman–Crippen MR) is 147 cm³/mol. The van der Waals surface area contributed by atoms with Gasteiger partial charge in [-0.3, -0.25) is 4.79 Å². The Labute approximate surface area is 227 Å². The molecule has 4 rings (SSSR count).